The number of nitrogens with zero attached hydrogens (tertiary/aromatic N) is 3. The Morgan fingerprint density at radius 1 is 1.45 bits per heavy atom. The van der Waals surface area contributed by atoms with Crippen molar-refractivity contribution in [1.29, 1.82) is 0 Å². The molecule has 112 valence electrons. The molecule has 4 nitrogen and oxygen atoms in total. The van der Waals surface area contributed by atoms with Gasteiger partial charge < -0.3 is 10.2 Å². The van der Waals surface area contributed by atoms with E-state index in [1.54, 1.807) is 11.3 Å². The van der Waals surface area contributed by atoms with Crippen molar-refractivity contribution in [3.05, 3.63) is 16.1 Å². The van der Waals surface area contributed by atoms with Crippen LogP contribution in [0.3, 0.4) is 0 Å². The lowest BCUT2D eigenvalue weighted by molar-refractivity contribution is 0.208. The predicted molar refractivity (Wildman–Crippen MR) is 86.2 cm³/mol. The van der Waals surface area contributed by atoms with Gasteiger partial charge in [0.2, 0.25) is 0 Å². The molecular weight excluding hydrogens is 268 g/mol. The summed E-state index contributed by atoms with van der Waals surface area (Å²) in [5.41, 5.74) is 0. The molecule has 0 spiro atoms. The van der Waals surface area contributed by atoms with Gasteiger partial charge in [-0.05, 0) is 24.7 Å². The minimum atomic E-state index is 0.740. The highest BCUT2D eigenvalue weighted by Crippen LogP contribution is 2.21. The molecule has 0 radical (unpaired) electrons. The van der Waals surface area contributed by atoms with Crippen molar-refractivity contribution in [2.24, 2.45) is 16.8 Å². The van der Waals surface area contributed by atoms with Gasteiger partial charge in [0.25, 0.3) is 0 Å². The zero-order valence-electron chi connectivity index (χ0n) is 13.0. The molecule has 2 unspecified atom stereocenters. The van der Waals surface area contributed by atoms with Crippen LogP contribution in [0, 0.1) is 11.8 Å². The molecule has 1 saturated heterocycles. The lowest BCUT2D eigenvalue weighted by atomic mass is 9.92. The van der Waals surface area contributed by atoms with Crippen LogP contribution in [0.15, 0.2) is 11.2 Å². The van der Waals surface area contributed by atoms with Crippen LogP contribution in [-0.4, -0.2) is 36.0 Å². The van der Waals surface area contributed by atoms with Gasteiger partial charge in [-0.3, -0.25) is 4.99 Å². The number of likely N-dealkylation sites (tertiary alicyclic amines) is 1. The summed E-state index contributed by atoms with van der Waals surface area (Å²) in [6, 6.07) is 0. The highest BCUT2D eigenvalue weighted by Gasteiger charge is 2.23. The van der Waals surface area contributed by atoms with Gasteiger partial charge in [0.1, 0.15) is 5.01 Å². The quantitative estimate of drug-likeness (QED) is 0.688. The number of hydrogen-bond donors (Lipinski definition) is 1. The number of hydrogen-bond acceptors (Lipinski definition) is 3. The van der Waals surface area contributed by atoms with E-state index < -0.39 is 0 Å². The minimum absolute atomic E-state index is 0.740. The second kappa shape index (κ2) is 7.07. The standard InChI is InChI=1S/C15H26N4S/c1-5-13-7-17-14(20-13)8-18-15(16-4)19-9-11(2)6-12(3)10-19/h7,11-12H,5-6,8-10H2,1-4H3,(H,16,18). The number of nitrogens with one attached hydrogen (secondary N) is 1. The van der Waals surface area contributed by atoms with Crippen molar-refractivity contribution < 1.29 is 0 Å². The molecule has 1 aromatic heterocycles. The van der Waals surface area contributed by atoms with Crippen molar-refractivity contribution in [2.75, 3.05) is 20.1 Å². The second-order valence-electron chi connectivity index (χ2n) is 5.83. The van der Waals surface area contributed by atoms with Crippen molar-refractivity contribution in [2.45, 2.75) is 40.2 Å². The van der Waals surface area contributed by atoms with Crippen molar-refractivity contribution in [3.8, 4) is 0 Å². The van der Waals surface area contributed by atoms with Crippen LogP contribution in [-0.2, 0) is 13.0 Å². The summed E-state index contributed by atoms with van der Waals surface area (Å²) in [4.78, 5) is 12.6. The van der Waals surface area contributed by atoms with Crippen molar-refractivity contribution in [3.63, 3.8) is 0 Å². The highest BCUT2D eigenvalue weighted by atomic mass is 32.1. The second-order valence-corrected chi connectivity index (χ2v) is 7.03. The van der Waals surface area contributed by atoms with Crippen LogP contribution < -0.4 is 5.32 Å². The van der Waals surface area contributed by atoms with Gasteiger partial charge in [0, 0.05) is 31.2 Å². The first-order valence-electron chi connectivity index (χ1n) is 7.51. The Morgan fingerprint density at radius 2 is 2.15 bits per heavy atom. The Hall–Kier alpha value is -1.10. The number of aromatic nitrogens is 1. The van der Waals surface area contributed by atoms with E-state index in [0.717, 1.165) is 48.9 Å². The van der Waals surface area contributed by atoms with Crippen LogP contribution in [0.1, 0.15) is 37.1 Å². The Kier molecular flexibility index (Phi) is 5.40. The maximum absolute atomic E-state index is 4.45. The van der Waals surface area contributed by atoms with Crippen molar-refractivity contribution in [1.82, 2.24) is 15.2 Å². The number of guanidine groups is 1. The van der Waals surface area contributed by atoms with Gasteiger partial charge in [-0.2, -0.15) is 0 Å². The molecule has 0 saturated carbocycles. The van der Waals surface area contributed by atoms with E-state index in [1.165, 1.54) is 11.3 Å². The first kappa shape index (κ1) is 15.3. The van der Waals surface area contributed by atoms with Crippen LogP contribution >= 0.6 is 11.3 Å². The Balaban J connectivity index is 1.92. The summed E-state index contributed by atoms with van der Waals surface area (Å²) in [5.74, 6) is 2.49. The Labute approximate surface area is 126 Å². The molecule has 0 amide bonds. The maximum atomic E-state index is 4.45. The van der Waals surface area contributed by atoms with Crippen LogP contribution in [0.25, 0.3) is 0 Å². The number of aryl methyl sites for hydroxylation is 1. The molecular formula is C15H26N4S. The molecule has 1 N–H and O–H groups in total. The van der Waals surface area contributed by atoms with E-state index in [1.807, 2.05) is 13.2 Å². The molecule has 2 atom stereocenters. The fourth-order valence-corrected chi connectivity index (χ4v) is 3.72. The molecule has 20 heavy (non-hydrogen) atoms. The fourth-order valence-electron chi connectivity index (χ4n) is 2.92. The topological polar surface area (TPSA) is 40.5 Å². The largest absolute Gasteiger partial charge is 0.350 e. The zero-order valence-corrected chi connectivity index (χ0v) is 13.8. The van der Waals surface area contributed by atoms with E-state index >= 15 is 0 Å². The normalized spacial score (nSPS) is 24.0. The molecule has 1 aliphatic heterocycles. The van der Waals surface area contributed by atoms with Crippen LogP contribution in [0.5, 0.6) is 0 Å². The van der Waals surface area contributed by atoms with Crippen LogP contribution in [0.4, 0.5) is 0 Å². The third kappa shape index (κ3) is 3.95. The Bertz CT molecular complexity index is 444. The summed E-state index contributed by atoms with van der Waals surface area (Å²) in [6.07, 6.45) is 4.36. The average molecular weight is 294 g/mol. The first-order valence-corrected chi connectivity index (χ1v) is 8.33. The lowest BCUT2D eigenvalue weighted by Gasteiger charge is -2.37. The molecule has 2 rings (SSSR count). The molecule has 1 aromatic rings. The number of piperidine rings is 1. The van der Waals surface area contributed by atoms with Crippen molar-refractivity contribution >= 4 is 17.3 Å². The Morgan fingerprint density at radius 3 is 2.70 bits per heavy atom. The van der Waals surface area contributed by atoms with E-state index in [-0.39, 0.29) is 0 Å². The molecule has 0 aromatic carbocycles. The number of thiazole rings is 1. The van der Waals surface area contributed by atoms with Gasteiger partial charge in [-0.1, -0.05) is 20.8 Å². The predicted octanol–water partition coefficient (Wildman–Crippen LogP) is 2.76. The first-order chi connectivity index (χ1) is 9.62. The van der Waals surface area contributed by atoms with E-state index in [9.17, 15) is 0 Å². The van der Waals surface area contributed by atoms with Crippen LogP contribution in [0.2, 0.25) is 0 Å². The zero-order chi connectivity index (χ0) is 14.5. The minimum Gasteiger partial charge on any atom is -0.350 e. The summed E-state index contributed by atoms with van der Waals surface area (Å²) < 4.78 is 0. The van der Waals surface area contributed by atoms with E-state index in [2.05, 4.69) is 41.0 Å². The fraction of sp³-hybridized carbons (Fsp3) is 0.733. The van der Waals surface area contributed by atoms with Gasteiger partial charge in [-0.25, -0.2) is 4.98 Å². The number of aliphatic imine (C=N–C) groups is 1. The summed E-state index contributed by atoms with van der Waals surface area (Å²) in [6.45, 7) is 9.79. The molecule has 2 heterocycles. The third-order valence-corrected chi connectivity index (χ3v) is 4.87. The monoisotopic (exact) mass is 294 g/mol. The molecule has 1 aliphatic rings. The molecule has 5 heteroatoms. The SMILES string of the molecule is CCc1cnc(CNC(=NC)N2CC(C)CC(C)C2)s1. The highest BCUT2D eigenvalue weighted by molar-refractivity contribution is 7.11. The average Bonchev–Trinajstić information content (AvgIpc) is 2.86. The van der Waals surface area contributed by atoms with Gasteiger partial charge in [-0.15, -0.1) is 11.3 Å². The van der Waals surface area contributed by atoms with E-state index in [4.69, 9.17) is 0 Å². The van der Waals surface area contributed by atoms with Gasteiger partial charge >= 0.3 is 0 Å². The summed E-state index contributed by atoms with van der Waals surface area (Å²) >= 11 is 1.79. The molecule has 1 fully saturated rings. The smallest absolute Gasteiger partial charge is 0.194 e. The van der Waals surface area contributed by atoms with E-state index in [0.29, 0.717) is 0 Å². The molecule has 0 bridgehead atoms. The lowest BCUT2D eigenvalue weighted by Crippen LogP contribution is -2.48. The third-order valence-electron chi connectivity index (χ3n) is 3.73. The summed E-state index contributed by atoms with van der Waals surface area (Å²) in [7, 11) is 1.87. The number of rotatable bonds is 3. The molecule has 0 aliphatic carbocycles. The maximum Gasteiger partial charge on any atom is 0.194 e. The van der Waals surface area contributed by atoms with Gasteiger partial charge in [0.05, 0.1) is 6.54 Å². The van der Waals surface area contributed by atoms with Gasteiger partial charge in [0.15, 0.2) is 5.96 Å². The summed E-state index contributed by atoms with van der Waals surface area (Å²) in [5, 5.41) is 4.60.